The van der Waals surface area contributed by atoms with E-state index in [1.165, 1.54) is 14.0 Å². The first-order chi connectivity index (χ1) is 9.40. The molecule has 6 nitrogen and oxygen atoms in total. The van der Waals surface area contributed by atoms with Gasteiger partial charge in [0, 0.05) is 7.11 Å². The molecule has 0 radical (unpaired) electrons. The Kier molecular flexibility index (Phi) is 5.52. The lowest BCUT2D eigenvalue weighted by molar-refractivity contribution is -0.149. The third-order valence-corrected chi connectivity index (χ3v) is 3.19. The number of carboxylic acids is 1. The molecule has 1 amide bonds. The van der Waals surface area contributed by atoms with Crippen LogP contribution in [-0.2, 0) is 20.9 Å². The van der Waals surface area contributed by atoms with Crippen LogP contribution in [0.1, 0.15) is 19.4 Å². The summed E-state index contributed by atoms with van der Waals surface area (Å²) in [5, 5.41) is 11.5. The number of hydrogen-bond acceptors (Lipinski definition) is 4. The van der Waals surface area contributed by atoms with Crippen molar-refractivity contribution in [2.45, 2.75) is 32.1 Å². The summed E-state index contributed by atoms with van der Waals surface area (Å²) in [6, 6.07) is 9.12. The number of ether oxygens (including phenoxy) is 2. The third-order valence-electron chi connectivity index (χ3n) is 3.19. The quantitative estimate of drug-likeness (QED) is 0.830. The van der Waals surface area contributed by atoms with Gasteiger partial charge in [0.2, 0.25) is 0 Å². The molecular weight excluding hydrogens is 262 g/mol. The molecule has 0 aliphatic heterocycles. The van der Waals surface area contributed by atoms with Crippen LogP contribution in [0, 0.1) is 0 Å². The fourth-order valence-electron chi connectivity index (χ4n) is 1.54. The van der Waals surface area contributed by atoms with Crippen LogP contribution in [0.15, 0.2) is 30.3 Å². The lowest BCUT2D eigenvalue weighted by Gasteiger charge is -2.30. The van der Waals surface area contributed by atoms with Gasteiger partial charge >= 0.3 is 12.1 Å². The zero-order valence-electron chi connectivity index (χ0n) is 11.8. The Labute approximate surface area is 117 Å². The lowest BCUT2D eigenvalue weighted by atomic mass is 9.96. The van der Waals surface area contributed by atoms with Crippen molar-refractivity contribution in [1.82, 2.24) is 5.32 Å². The van der Waals surface area contributed by atoms with E-state index in [9.17, 15) is 14.7 Å². The van der Waals surface area contributed by atoms with E-state index in [4.69, 9.17) is 9.47 Å². The highest BCUT2D eigenvalue weighted by Crippen LogP contribution is 2.14. The van der Waals surface area contributed by atoms with Crippen molar-refractivity contribution in [3.63, 3.8) is 0 Å². The zero-order valence-corrected chi connectivity index (χ0v) is 11.8. The SMILES string of the molecule is COC(C)C(C)(NC(=O)OCc1ccccc1)C(=O)O. The van der Waals surface area contributed by atoms with Crippen LogP contribution in [0.2, 0.25) is 0 Å². The molecule has 20 heavy (non-hydrogen) atoms. The van der Waals surface area contributed by atoms with Gasteiger partial charge < -0.3 is 19.9 Å². The van der Waals surface area contributed by atoms with Crippen LogP contribution in [0.5, 0.6) is 0 Å². The third kappa shape index (κ3) is 3.96. The smallest absolute Gasteiger partial charge is 0.408 e. The number of nitrogens with one attached hydrogen (secondary N) is 1. The standard InChI is InChI=1S/C14H19NO5/c1-10(19-3)14(2,12(16)17)15-13(18)20-9-11-7-5-4-6-8-11/h4-8,10H,9H2,1-3H3,(H,15,18)(H,16,17). The fraction of sp³-hybridized carbons (Fsp3) is 0.429. The van der Waals surface area contributed by atoms with Gasteiger partial charge in [0.1, 0.15) is 6.61 Å². The lowest BCUT2D eigenvalue weighted by Crippen LogP contribution is -2.59. The molecule has 0 heterocycles. The van der Waals surface area contributed by atoms with E-state index in [1.807, 2.05) is 18.2 Å². The van der Waals surface area contributed by atoms with E-state index in [1.54, 1.807) is 19.1 Å². The molecule has 0 aromatic heterocycles. The van der Waals surface area contributed by atoms with Crippen molar-refractivity contribution in [3.05, 3.63) is 35.9 Å². The number of methoxy groups -OCH3 is 1. The monoisotopic (exact) mass is 281 g/mol. The van der Waals surface area contributed by atoms with E-state index in [-0.39, 0.29) is 6.61 Å². The number of benzene rings is 1. The number of carbonyl (C=O) groups excluding carboxylic acids is 1. The van der Waals surface area contributed by atoms with Crippen molar-refractivity contribution < 1.29 is 24.2 Å². The van der Waals surface area contributed by atoms with Gasteiger partial charge in [-0.1, -0.05) is 30.3 Å². The van der Waals surface area contributed by atoms with E-state index in [0.717, 1.165) is 5.56 Å². The van der Waals surface area contributed by atoms with Crippen molar-refractivity contribution in [1.29, 1.82) is 0 Å². The Morgan fingerprint density at radius 3 is 2.45 bits per heavy atom. The van der Waals surface area contributed by atoms with Gasteiger partial charge in [-0.25, -0.2) is 9.59 Å². The first-order valence-electron chi connectivity index (χ1n) is 6.15. The summed E-state index contributed by atoms with van der Waals surface area (Å²) in [4.78, 5) is 23.0. The number of carbonyl (C=O) groups is 2. The summed E-state index contributed by atoms with van der Waals surface area (Å²) in [5.74, 6) is -1.19. The molecule has 1 rings (SSSR count). The molecule has 1 aromatic rings. The predicted molar refractivity (Wildman–Crippen MR) is 72.3 cm³/mol. The minimum atomic E-state index is -1.55. The van der Waals surface area contributed by atoms with Crippen molar-refractivity contribution in [2.24, 2.45) is 0 Å². The first-order valence-corrected chi connectivity index (χ1v) is 6.15. The van der Waals surface area contributed by atoms with Crippen molar-refractivity contribution >= 4 is 12.1 Å². The molecule has 110 valence electrons. The molecule has 0 spiro atoms. The second-order valence-electron chi connectivity index (χ2n) is 4.57. The highest BCUT2D eigenvalue weighted by Gasteiger charge is 2.41. The second-order valence-corrected chi connectivity index (χ2v) is 4.57. The Balaban J connectivity index is 2.61. The number of alkyl carbamates (subject to hydrolysis) is 1. The Hall–Kier alpha value is -2.08. The number of aliphatic carboxylic acids is 1. The molecule has 2 N–H and O–H groups in total. The molecule has 0 aliphatic carbocycles. The van der Waals surface area contributed by atoms with Crippen LogP contribution in [0.4, 0.5) is 4.79 Å². The highest BCUT2D eigenvalue weighted by molar-refractivity contribution is 5.84. The van der Waals surface area contributed by atoms with Gasteiger partial charge in [0.25, 0.3) is 0 Å². The Morgan fingerprint density at radius 2 is 1.95 bits per heavy atom. The molecule has 6 heteroatoms. The van der Waals surface area contributed by atoms with Gasteiger partial charge in [-0.3, -0.25) is 0 Å². The maximum absolute atomic E-state index is 11.7. The van der Waals surface area contributed by atoms with E-state index in [0.29, 0.717) is 0 Å². The van der Waals surface area contributed by atoms with Gasteiger partial charge in [-0.15, -0.1) is 0 Å². The maximum atomic E-state index is 11.7. The molecular formula is C14H19NO5. The number of carboxylic acid groups (broad SMARTS) is 1. The first kappa shape index (κ1) is 16.0. The summed E-state index contributed by atoms with van der Waals surface area (Å²) < 4.78 is 9.99. The van der Waals surface area contributed by atoms with Crippen LogP contribution in [0.3, 0.4) is 0 Å². The molecule has 0 aliphatic rings. The zero-order chi connectivity index (χ0) is 15.2. The second kappa shape index (κ2) is 6.91. The molecule has 0 fully saturated rings. The molecule has 0 saturated heterocycles. The van der Waals surface area contributed by atoms with Crippen LogP contribution >= 0.6 is 0 Å². The minimum Gasteiger partial charge on any atom is -0.479 e. The van der Waals surface area contributed by atoms with Gasteiger partial charge in [0.15, 0.2) is 5.54 Å². The van der Waals surface area contributed by atoms with E-state index >= 15 is 0 Å². The normalized spacial score (nSPS) is 14.9. The number of rotatable bonds is 6. The highest BCUT2D eigenvalue weighted by atomic mass is 16.5. The van der Waals surface area contributed by atoms with Crippen molar-refractivity contribution in [3.8, 4) is 0 Å². The number of hydrogen-bond donors (Lipinski definition) is 2. The Bertz CT molecular complexity index is 462. The summed E-state index contributed by atoms with van der Waals surface area (Å²) in [6.07, 6.45) is -1.51. The van der Waals surface area contributed by atoms with Gasteiger partial charge in [-0.2, -0.15) is 0 Å². The van der Waals surface area contributed by atoms with Crippen molar-refractivity contribution in [2.75, 3.05) is 7.11 Å². The van der Waals surface area contributed by atoms with E-state index in [2.05, 4.69) is 5.32 Å². The summed E-state index contributed by atoms with van der Waals surface area (Å²) in [7, 11) is 1.38. The van der Waals surface area contributed by atoms with Crippen LogP contribution < -0.4 is 5.32 Å². The van der Waals surface area contributed by atoms with E-state index < -0.39 is 23.7 Å². The molecule has 1 aromatic carbocycles. The maximum Gasteiger partial charge on any atom is 0.408 e. The topological polar surface area (TPSA) is 84.9 Å². The Morgan fingerprint density at radius 1 is 1.35 bits per heavy atom. The molecule has 0 saturated carbocycles. The predicted octanol–water partition coefficient (Wildman–Crippen LogP) is 1.79. The largest absolute Gasteiger partial charge is 0.479 e. The summed E-state index contributed by atoms with van der Waals surface area (Å²) in [5.41, 5.74) is -0.734. The van der Waals surface area contributed by atoms with Crippen LogP contribution in [0.25, 0.3) is 0 Å². The molecule has 2 unspecified atom stereocenters. The van der Waals surface area contributed by atoms with Crippen LogP contribution in [-0.4, -0.2) is 35.9 Å². The molecule has 0 bridgehead atoms. The fourth-order valence-corrected chi connectivity index (χ4v) is 1.54. The molecule has 2 atom stereocenters. The summed E-state index contributed by atoms with van der Waals surface area (Å²) >= 11 is 0. The average Bonchev–Trinajstić information content (AvgIpc) is 2.45. The van der Waals surface area contributed by atoms with Gasteiger partial charge in [0.05, 0.1) is 6.10 Å². The minimum absolute atomic E-state index is 0.0732. The van der Waals surface area contributed by atoms with Gasteiger partial charge in [-0.05, 0) is 19.4 Å². The average molecular weight is 281 g/mol. The number of amides is 1. The summed E-state index contributed by atoms with van der Waals surface area (Å²) in [6.45, 7) is 3.00.